The number of hydrogen-bond acceptors (Lipinski definition) is 4. The molecule has 0 aliphatic heterocycles. The van der Waals surface area contributed by atoms with Crippen molar-refractivity contribution in [2.75, 3.05) is 31.5 Å². The predicted octanol–water partition coefficient (Wildman–Crippen LogP) is 4.61. The lowest BCUT2D eigenvalue weighted by atomic mass is 10.0. The summed E-state index contributed by atoms with van der Waals surface area (Å²) in [6.45, 7) is 3.65. The Morgan fingerprint density at radius 2 is 1.56 bits per heavy atom. The van der Waals surface area contributed by atoms with Gasteiger partial charge >= 0.3 is 10.2 Å². The molecule has 0 saturated carbocycles. The van der Waals surface area contributed by atoms with Crippen molar-refractivity contribution in [1.29, 1.82) is 0 Å². The number of amides is 2. The van der Waals surface area contributed by atoms with Crippen LogP contribution in [-0.2, 0) is 32.8 Å². The molecule has 0 bridgehead atoms. The van der Waals surface area contributed by atoms with E-state index in [-0.39, 0.29) is 30.5 Å². The van der Waals surface area contributed by atoms with Gasteiger partial charge in [0.15, 0.2) is 0 Å². The molecule has 0 aliphatic carbocycles. The number of nitrogens with one attached hydrogen (secondary N) is 1. The molecule has 0 fully saturated rings. The fourth-order valence-corrected chi connectivity index (χ4v) is 5.68. The van der Waals surface area contributed by atoms with Crippen molar-refractivity contribution < 1.29 is 22.4 Å². The molecule has 0 aliphatic rings. The van der Waals surface area contributed by atoms with Gasteiger partial charge in [0.1, 0.15) is 18.4 Å². The van der Waals surface area contributed by atoms with Gasteiger partial charge in [0, 0.05) is 38.1 Å². The third-order valence-electron chi connectivity index (χ3n) is 6.34. The summed E-state index contributed by atoms with van der Waals surface area (Å²) in [6, 6.07) is 21.0. The van der Waals surface area contributed by atoms with Crippen LogP contribution < -0.4 is 9.62 Å². The Morgan fingerprint density at radius 3 is 2.17 bits per heavy atom. The standard InChI is InChI=1S/C30H36BrFN4O4S/c1-22(2)19-33-30(38)28(18-23-11-6-5-7-12-23)35(20-24-13-10-14-25(31)17-24)29(37)21-36(41(39,40)34(3)4)27-16-9-8-15-26(27)32/h5-17,22,28H,18-21H2,1-4H3,(H,33,38). The zero-order chi connectivity index (χ0) is 30.2. The highest BCUT2D eigenvalue weighted by Gasteiger charge is 2.35. The van der Waals surface area contributed by atoms with E-state index in [1.807, 2.05) is 68.4 Å². The van der Waals surface area contributed by atoms with Gasteiger partial charge in [-0.3, -0.25) is 9.59 Å². The SMILES string of the molecule is CC(C)CNC(=O)C(Cc1ccccc1)N(Cc1cccc(Br)c1)C(=O)CN(c1ccccc1F)S(=O)(=O)N(C)C. The molecular formula is C30H36BrFN4O4S. The molecule has 0 aromatic heterocycles. The molecule has 1 atom stereocenters. The predicted molar refractivity (Wildman–Crippen MR) is 163 cm³/mol. The minimum Gasteiger partial charge on any atom is -0.354 e. The van der Waals surface area contributed by atoms with Gasteiger partial charge in [-0.1, -0.05) is 84.4 Å². The summed E-state index contributed by atoms with van der Waals surface area (Å²) < 4.78 is 44.0. The van der Waals surface area contributed by atoms with E-state index < -0.39 is 34.5 Å². The molecule has 1 unspecified atom stereocenters. The van der Waals surface area contributed by atoms with E-state index in [4.69, 9.17) is 0 Å². The minimum atomic E-state index is -4.28. The first-order valence-corrected chi connectivity index (χ1v) is 15.4. The lowest BCUT2D eigenvalue weighted by molar-refractivity contribution is -0.140. The molecule has 8 nitrogen and oxygen atoms in total. The number of benzene rings is 3. The van der Waals surface area contributed by atoms with Crippen LogP contribution in [0.3, 0.4) is 0 Å². The Kier molecular flexibility index (Phi) is 11.5. The van der Waals surface area contributed by atoms with Crippen molar-refractivity contribution in [2.24, 2.45) is 5.92 Å². The molecule has 3 aromatic rings. The lowest BCUT2D eigenvalue weighted by Gasteiger charge is -2.34. The summed E-state index contributed by atoms with van der Waals surface area (Å²) in [5.74, 6) is -1.63. The summed E-state index contributed by atoms with van der Waals surface area (Å²) >= 11 is 3.45. The molecule has 220 valence electrons. The van der Waals surface area contributed by atoms with Crippen LogP contribution in [-0.4, -0.2) is 62.7 Å². The fourth-order valence-electron chi connectivity index (χ4n) is 4.16. The van der Waals surface area contributed by atoms with Crippen LogP contribution in [0.25, 0.3) is 0 Å². The van der Waals surface area contributed by atoms with E-state index in [0.717, 1.165) is 30.3 Å². The molecule has 41 heavy (non-hydrogen) atoms. The summed E-state index contributed by atoms with van der Waals surface area (Å²) in [5, 5.41) is 2.94. The highest BCUT2D eigenvalue weighted by atomic mass is 79.9. The number of halogens is 2. The molecule has 3 rings (SSSR count). The molecule has 2 amide bonds. The van der Waals surface area contributed by atoms with Crippen LogP contribution in [0.4, 0.5) is 10.1 Å². The fraction of sp³-hybridized carbons (Fsp3) is 0.333. The Hall–Kier alpha value is -3.28. The first kappa shape index (κ1) is 32.2. The molecule has 0 heterocycles. The minimum absolute atomic E-state index is 0.0258. The van der Waals surface area contributed by atoms with Gasteiger partial charge in [-0.05, 0) is 41.3 Å². The first-order valence-electron chi connectivity index (χ1n) is 13.2. The first-order chi connectivity index (χ1) is 19.4. The number of rotatable bonds is 13. The van der Waals surface area contributed by atoms with E-state index >= 15 is 0 Å². The average Bonchev–Trinajstić information content (AvgIpc) is 2.93. The topological polar surface area (TPSA) is 90.0 Å². The van der Waals surface area contributed by atoms with Crippen LogP contribution in [0.1, 0.15) is 25.0 Å². The number of para-hydroxylation sites is 1. The molecule has 1 N–H and O–H groups in total. The van der Waals surface area contributed by atoms with E-state index in [1.54, 1.807) is 0 Å². The summed E-state index contributed by atoms with van der Waals surface area (Å²) in [4.78, 5) is 29.2. The van der Waals surface area contributed by atoms with Gasteiger partial charge in [-0.15, -0.1) is 0 Å². The molecular weight excluding hydrogens is 611 g/mol. The Labute approximate surface area is 250 Å². The van der Waals surface area contributed by atoms with Gasteiger partial charge in [0.2, 0.25) is 11.8 Å². The van der Waals surface area contributed by atoms with Crippen molar-refractivity contribution in [3.63, 3.8) is 0 Å². The second kappa shape index (κ2) is 14.6. The van der Waals surface area contributed by atoms with Crippen molar-refractivity contribution in [3.8, 4) is 0 Å². The maximum Gasteiger partial charge on any atom is 0.304 e. The Bertz CT molecular complexity index is 1440. The third-order valence-corrected chi connectivity index (χ3v) is 8.64. The van der Waals surface area contributed by atoms with Gasteiger partial charge in [0.05, 0.1) is 5.69 Å². The maximum absolute atomic E-state index is 14.9. The second-order valence-corrected chi connectivity index (χ2v) is 13.2. The van der Waals surface area contributed by atoms with Gasteiger partial charge < -0.3 is 10.2 Å². The van der Waals surface area contributed by atoms with Crippen molar-refractivity contribution in [3.05, 3.63) is 100 Å². The van der Waals surface area contributed by atoms with E-state index in [1.165, 1.54) is 37.2 Å². The number of carbonyl (C=O) groups is 2. The van der Waals surface area contributed by atoms with Crippen LogP contribution in [0.5, 0.6) is 0 Å². The van der Waals surface area contributed by atoms with E-state index in [2.05, 4.69) is 21.2 Å². The zero-order valence-corrected chi connectivity index (χ0v) is 26.0. The summed E-state index contributed by atoms with van der Waals surface area (Å²) in [7, 11) is -1.66. The number of anilines is 1. The molecule has 3 aromatic carbocycles. The summed E-state index contributed by atoms with van der Waals surface area (Å²) in [5.41, 5.74) is 1.30. The highest BCUT2D eigenvalue weighted by molar-refractivity contribution is 9.10. The van der Waals surface area contributed by atoms with Crippen molar-refractivity contribution >= 4 is 43.6 Å². The van der Waals surface area contributed by atoms with Crippen molar-refractivity contribution in [2.45, 2.75) is 32.9 Å². The third kappa shape index (κ3) is 8.85. The Morgan fingerprint density at radius 1 is 0.927 bits per heavy atom. The smallest absolute Gasteiger partial charge is 0.304 e. The lowest BCUT2D eigenvalue weighted by Crippen LogP contribution is -2.54. The Balaban J connectivity index is 2.10. The normalized spacial score (nSPS) is 12.3. The number of carbonyl (C=O) groups excluding carboxylic acids is 2. The number of hydrogen-bond donors (Lipinski definition) is 1. The summed E-state index contributed by atoms with van der Waals surface area (Å²) in [6.07, 6.45) is 0.199. The maximum atomic E-state index is 14.9. The van der Waals surface area contributed by atoms with Crippen LogP contribution in [0, 0.1) is 11.7 Å². The molecule has 0 saturated heterocycles. The molecule has 11 heteroatoms. The van der Waals surface area contributed by atoms with Crippen molar-refractivity contribution in [1.82, 2.24) is 14.5 Å². The van der Waals surface area contributed by atoms with Crippen LogP contribution >= 0.6 is 15.9 Å². The average molecular weight is 648 g/mol. The molecule has 0 spiro atoms. The van der Waals surface area contributed by atoms with E-state index in [0.29, 0.717) is 6.54 Å². The van der Waals surface area contributed by atoms with Crippen LogP contribution in [0.15, 0.2) is 83.3 Å². The molecule has 0 radical (unpaired) electrons. The van der Waals surface area contributed by atoms with Gasteiger partial charge in [-0.2, -0.15) is 12.7 Å². The monoisotopic (exact) mass is 646 g/mol. The van der Waals surface area contributed by atoms with E-state index in [9.17, 15) is 22.4 Å². The second-order valence-electron chi connectivity index (χ2n) is 10.2. The largest absolute Gasteiger partial charge is 0.354 e. The zero-order valence-electron chi connectivity index (χ0n) is 23.6. The van der Waals surface area contributed by atoms with Crippen LogP contribution in [0.2, 0.25) is 0 Å². The van der Waals surface area contributed by atoms with Gasteiger partial charge in [0.25, 0.3) is 0 Å². The van der Waals surface area contributed by atoms with Gasteiger partial charge in [-0.25, -0.2) is 8.70 Å². The quantitative estimate of drug-likeness (QED) is 0.294. The number of nitrogens with zero attached hydrogens (tertiary/aromatic N) is 3. The highest BCUT2D eigenvalue weighted by Crippen LogP contribution is 2.25.